The average molecular weight is 590 g/mol. The van der Waals surface area contributed by atoms with E-state index >= 15 is 0 Å². The Labute approximate surface area is 239 Å². The number of sulfonamides is 1. The first kappa shape index (κ1) is 30.9. The lowest BCUT2D eigenvalue weighted by Gasteiger charge is -2.33. The molecule has 3 aromatic carbocycles. The molecule has 3 rings (SSSR count). The van der Waals surface area contributed by atoms with Crippen LogP contribution in [-0.4, -0.2) is 51.4 Å². The molecule has 1 N–H and O–H groups in total. The van der Waals surface area contributed by atoms with Gasteiger partial charge in [0.25, 0.3) is 10.0 Å². The maximum Gasteiger partial charge on any atom is 0.264 e. The molecule has 0 spiro atoms. The first-order chi connectivity index (χ1) is 19.1. The van der Waals surface area contributed by atoms with Gasteiger partial charge in [0.2, 0.25) is 11.8 Å². The Morgan fingerprint density at radius 2 is 1.70 bits per heavy atom. The fourth-order valence-corrected chi connectivity index (χ4v) is 5.81. The third-order valence-electron chi connectivity index (χ3n) is 6.23. The van der Waals surface area contributed by atoms with Crippen molar-refractivity contribution in [1.82, 2.24) is 10.2 Å². The molecule has 0 saturated heterocycles. The molecule has 0 saturated carbocycles. The van der Waals surface area contributed by atoms with Crippen molar-refractivity contribution in [2.45, 2.75) is 44.2 Å². The Kier molecular flexibility index (Phi) is 10.9. The summed E-state index contributed by atoms with van der Waals surface area (Å²) in [6, 6.07) is 16.8. The van der Waals surface area contributed by atoms with Crippen molar-refractivity contribution >= 4 is 39.1 Å². The molecule has 0 bridgehead atoms. The summed E-state index contributed by atoms with van der Waals surface area (Å²) in [5.74, 6) is -1.07. The summed E-state index contributed by atoms with van der Waals surface area (Å²) < 4.78 is 47.4. The van der Waals surface area contributed by atoms with E-state index in [9.17, 15) is 22.4 Å². The van der Waals surface area contributed by atoms with Gasteiger partial charge in [-0.1, -0.05) is 55.8 Å². The van der Waals surface area contributed by atoms with Crippen LogP contribution in [0.15, 0.2) is 77.7 Å². The number of rotatable bonds is 13. The van der Waals surface area contributed by atoms with Crippen molar-refractivity contribution in [3.8, 4) is 5.75 Å². The second-order valence-corrected chi connectivity index (χ2v) is 11.3. The molecule has 0 aliphatic carbocycles. The van der Waals surface area contributed by atoms with Crippen LogP contribution in [0.1, 0.15) is 32.3 Å². The van der Waals surface area contributed by atoms with Crippen LogP contribution in [-0.2, 0) is 26.2 Å². The number of hydrogen-bond donors (Lipinski definition) is 1. The van der Waals surface area contributed by atoms with Crippen molar-refractivity contribution in [3.63, 3.8) is 0 Å². The Bertz CT molecular complexity index is 1400. The van der Waals surface area contributed by atoms with E-state index in [2.05, 4.69) is 5.32 Å². The predicted octanol–water partition coefficient (Wildman–Crippen LogP) is 5.02. The van der Waals surface area contributed by atoms with Crippen LogP contribution in [0.25, 0.3) is 0 Å². The molecule has 0 fully saturated rings. The Hall–Kier alpha value is -3.63. The minimum Gasteiger partial charge on any atom is -0.495 e. The van der Waals surface area contributed by atoms with Crippen LogP contribution in [0.3, 0.4) is 0 Å². The lowest BCUT2D eigenvalue weighted by atomic mass is 10.1. The maximum atomic E-state index is 14.0. The first-order valence-corrected chi connectivity index (χ1v) is 14.7. The monoisotopic (exact) mass is 589 g/mol. The number of nitrogens with one attached hydrogen (secondary N) is 1. The fraction of sp³-hybridized carbons (Fsp3) is 0.310. The van der Waals surface area contributed by atoms with Gasteiger partial charge in [0.05, 0.1) is 22.7 Å². The van der Waals surface area contributed by atoms with Crippen molar-refractivity contribution in [3.05, 3.63) is 89.2 Å². The number of methoxy groups -OCH3 is 1. The number of anilines is 1. The number of carbonyl (C=O) groups is 2. The molecule has 2 amide bonds. The summed E-state index contributed by atoms with van der Waals surface area (Å²) in [5.41, 5.74) is 0.731. The zero-order valence-electron chi connectivity index (χ0n) is 22.6. The summed E-state index contributed by atoms with van der Waals surface area (Å²) in [5, 5.41) is 2.98. The molecule has 0 heterocycles. The number of carbonyl (C=O) groups excluding carboxylic acids is 2. The zero-order valence-corrected chi connectivity index (χ0v) is 24.2. The standard InChI is InChI=1S/C29H33ClFN3O5S/c1-4-17-32-29(36)26(5-2)33(19-21-11-13-22(31)14-12-21)28(35)20-34(23-15-16-27(39-3)25(30)18-23)40(37,38)24-9-7-6-8-10-24/h6-16,18,26H,4-5,17,19-20H2,1-3H3,(H,32,36)/t26-/m0/s1. The number of hydrogen-bond acceptors (Lipinski definition) is 5. The van der Waals surface area contributed by atoms with E-state index in [1.165, 1.54) is 66.6 Å². The summed E-state index contributed by atoms with van der Waals surface area (Å²) >= 11 is 6.33. The van der Waals surface area contributed by atoms with E-state index in [4.69, 9.17) is 16.3 Å². The topological polar surface area (TPSA) is 96.0 Å². The summed E-state index contributed by atoms with van der Waals surface area (Å²) in [4.78, 5) is 28.4. The van der Waals surface area contributed by atoms with Gasteiger partial charge in [-0.25, -0.2) is 12.8 Å². The molecule has 3 aromatic rings. The quantitative estimate of drug-likeness (QED) is 0.302. The number of ether oxygens (including phenoxy) is 1. The second-order valence-electron chi connectivity index (χ2n) is 9.01. The molecular formula is C29H33ClFN3O5S. The summed E-state index contributed by atoms with van der Waals surface area (Å²) in [6.07, 6.45) is 0.984. The fourth-order valence-electron chi connectivity index (χ4n) is 4.13. The van der Waals surface area contributed by atoms with Crippen molar-refractivity contribution in [2.75, 3.05) is 24.5 Å². The van der Waals surface area contributed by atoms with Crippen molar-refractivity contribution in [1.29, 1.82) is 0 Å². The Morgan fingerprint density at radius 3 is 2.27 bits per heavy atom. The second kappa shape index (κ2) is 14.1. The zero-order chi connectivity index (χ0) is 29.3. The SMILES string of the molecule is CCCNC(=O)[C@H](CC)N(Cc1ccc(F)cc1)C(=O)CN(c1ccc(OC)c(Cl)c1)S(=O)(=O)c1ccccc1. The van der Waals surface area contributed by atoms with Crippen LogP contribution in [0, 0.1) is 5.82 Å². The van der Waals surface area contributed by atoms with Gasteiger partial charge in [0.15, 0.2) is 0 Å². The highest BCUT2D eigenvalue weighted by atomic mass is 35.5. The molecule has 214 valence electrons. The van der Waals surface area contributed by atoms with Gasteiger partial charge in [-0.3, -0.25) is 13.9 Å². The van der Waals surface area contributed by atoms with Crippen molar-refractivity contribution in [2.24, 2.45) is 0 Å². The highest BCUT2D eigenvalue weighted by Crippen LogP contribution is 2.32. The van der Waals surface area contributed by atoms with Crippen LogP contribution in [0.2, 0.25) is 5.02 Å². The largest absolute Gasteiger partial charge is 0.495 e. The van der Waals surface area contributed by atoms with Gasteiger partial charge in [0, 0.05) is 13.1 Å². The molecule has 0 aliphatic heterocycles. The van der Waals surface area contributed by atoms with Gasteiger partial charge in [-0.05, 0) is 60.9 Å². The van der Waals surface area contributed by atoms with Gasteiger partial charge in [-0.2, -0.15) is 0 Å². The number of benzene rings is 3. The van der Waals surface area contributed by atoms with Gasteiger partial charge in [0.1, 0.15) is 24.2 Å². The molecule has 11 heteroatoms. The third kappa shape index (κ3) is 7.51. The van der Waals surface area contributed by atoms with E-state index in [0.29, 0.717) is 24.3 Å². The molecule has 40 heavy (non-hydrogen) atoms. The predicted molar refractivity (Wildman–Crippen MR) is 153 cm³/mol. The minimum atomic E-state index is -4.23. The summed E-state index contributed by atoms with van der Waals surface area (Å²) in [7, 11) is -2.79. The number of amides is 2. The number of halogens is 2. The number of nitrogens with zero attached hydrogens (tertiary/aromatic N) is 2. The minimum absolute atomic E-state index is 0.0208. The van der Waals surface area contributed by atoms with Gasteiger partial charge >= 0.3 is 0 Å². The Balaban J connectivity index is 2.07. The first-order valence-electron chi connectivity index (χ1n) is 12.8. The maximum absolute atomic E-state index is 14.0. The lowest BCUT2D eigenvalue weighted by molar-refractivity contribution is -0.140. The van der Waals surface area contributed by atoms with E-state index < -0.39 is 34.3 Å². The van der Waals surface area contributed by atoms with Crippen molar-refractivity contribution < 1.29 is 27.1 Å². The molecular weight excluding hydrogens is 557 g/mol. The normalized spacial score (nSPS) is 11.9. The van der Waals surface area contributed by atoms with Crippen LogP contribution >= 0.6 is 11.6 Å². The Morgan fingerprint density at radius 1 is 1.02 bits per heavy atom. The molecule has 0 aromatic heterocycles. The molecule has 0 radical (unpaired) electrons. The highest BCUT2D eigenvalue weighted by Gasteiger charge is 2.33. The van der Waals surface area contributed by atoms with Crippen LogP contribution in [0.5, 0.6) is 5.75 Å². The van der Waals surface area contributed by atoms with Crippen LogP contribution in [0.4, 0.5) is 10.1 Å². The van der Waals surface area contributed by atoms with Gasteiger partial charge < -0.3 is 15.0 Å². The smallest absolute Gasteiger partial charge is 0.264 e. The van der Waals surface area contributed by atoms with Gasteiger partial charge in [-0.15, -0.1) is 0 Å². The van der Waals surface area contributed by atoms with E-state index in [0.717, 1.165) is 4.31 Å². The molecule has 8 nitrogen and oxygen atoms in total. The van der Waals surface area contributed by atoms with E-state index in [1.807, 2.05) is 6.92 Å². The van der Waals surface area contributed by atoms with Crippen LogP contribution < -0.4 is 14.4 Å². The third-order valence-corrected chi connectivity index (χ3v) is 8.32. The van der Waals surface area contributed by atoms with E-state index in [1.54, 1.807) is 25.1 Å². The van der Waals surface area contributed by atoms with E-state index in [-0.39, 0.29) is 34.5 Å². The molecule has 1 atom stereocenters. The highest BCUT2D eigenvalue weighted by molar-refractivity contribution is 7.92. The average Bonchev–Trinajstić information content (AvgIpc) is 2.95. The lowest BCUT2D eigenvalue weighted by Crippen LogP contribution is -2.52. The molecule has 0 aliphatic rings. The molecule has 0 unspecified atom stereocenters. The summed E-state index contributed by atoms with van der Waals surface area (Å²) in [6.45, 7) is 3.46.